The molecule has 25 heavy (non-hydrogen) atoms. The van der Waals surface area contributed by atoms with Crippen LogP contribution in [0, 0.1) is 0 Å². The van der Waals surface area contributed by atoms with Crippen molar-refractivity contribution in [3.05, 3.63) is 84.4 Å². The van der Waals surface area contributed by atoms with Crippen molar-refractivity contribution >= 4 is 11.8 Å². The predicted molar refractivity (Wildman–Crippen MR) is 108 cm³/mol. The van der Waals surface area contributed by atoms with Crippen molar-refractivity contribution in [2.24, 2.45) is 0 Å². The number of thioether (sulfide) groups is 1. The number of para-hydroxylation sites is 1. The summed E-state index contributed by atoms with van der Waals surface area (Å²) in [7, 11) is 0. The monoisotopic (exact) mass is 348 g/mol. The van der Waals surface area contributed by atoms with Crippen LogP contribution in [-0.4, -0.2) is 5.75 Å². The number of benzene rings is 3. The van der Waals surface area contributed by atoms with Crippen LogP contribution in [0.15, 0.2) is 83.8 Å². The van der Waals surface area contributed by atoms with E-state index < -0.39 is 0 Å². The zero-order valence-corrected chi connectivity index (χ0v) is 15.5. The maximum Gasteiger partial charge on any atom is 0.119 e. The number of rotatable bonds is 8. The topological polar surface area (TPSA) is 9.23 Å². The Kier molecular flexibility index (Phi) is 6.58. The molecule has 0 aliphatic rings. The zero-order chi connectivity index (χ0) is 17.3. The average Bonchev–Trinajstić information content (AvgIpc) is 2.68. The summed E-state index contributed by atoms with van der Waals surface area (Å²) in [5, 5.41) is 0. The molecule has 3 aromatic carbocycles. The standard InChI is InChI=1S/C23H24OS/c1-2-3-16-25-23-14-12-20(13-15-23)21-9-7-8-19(17-21)18-24-22-10-5-4-6-11-22/h4-15,17H,2-3,16,18H2,1H3. The molecule has 0 aliphatic heterocycles. The summed E-state index contributed by atoms with van der Waals surface area (Å²) >= 11 is 1.94. The molecule has 3 rings (SSSR count). The highest BCUT2D eigenvalue weighted by atomic mass is 32.2. The van der Waals surface area contributed by atoms with Gasteiger partial charge in [0, 0.05) is 4.90 Å². The van der Waals surface area contributed by atoms with Gasteiger partial charge >= 0.3 is 0 Å². The lowest BCUT2D eigenvalue weighted by atomic mass is 10.0. The van der Waals surface area contributed by atoms with Crippen LogP contribution in [0.3, 0.4) is 0 Å². The van der Waals surface area contributed by atoms with E-state index in [1.165, 1.54) is 40.2 Å². The highest BCUT2D eigenvalue weighted by molar-refractivity contribution is 7.99. The first-order chi connectivity index (χ1) is 12.3. The van der Waals surface area contributed by atoms with E-state index in [-0.39, 0.29) is 0 Å². The van der Waals surface area contributed by atoms with Gasteiger partial charge in [0.2, 0.25) is 0 Å². The minimum absolute atomic E-state index is 0.586. The van der Waals surface area contributed by atoms with E-state index in [1.54, 1.807) is 0 Å². The second-order valence-corrected chi connectivity index (χ2v) is 7.20. The molecular formula is C23H24OS. The molecule has 0 atom stereocenters. The summed E-state index contributed by atoms with van der Waals surface area (Å²) in [5.41, 5.74) is 3.67. The van der Waals surface area contributed by atoms with Crippen LogP contribution < -0.4 is 4.74 Å². The quantitative estimate of drug-likeness (QED) is 0.326. The molecular weight excluding hydrogens is 324 g/mol. The maximum absolute atomic E-state index is 5.85. The third kappa shape index (κ3) is 5.40. The van der Waals surface area contributed by atoms with Crippen molar-refractivity contribution in [1.82, 2.24) is 0 Å². The SMILES string of the molecule is CCCCSc1ccc(-c2cccc(COc3ccccc3)c2)cc1. The van der Waals surface area contributed by atoms with Gasteiger partial charge < -0.3 is 4.74 Å². The van der Waals surface area contributed by atoms with E-state index in [0.29, 0.717) is 6.61 Å². The van der Waals surface area contributed by atoms with Crippen molar-refractivity contribution in [3.63, 3.8) is 0 Å². The van der Waals surface area contributed by atoms with Gasteiger partial charge in [0.25, 0.3) is 0 Å². The molecule has 0 spiro atoms. The number of ether oxygens (including phenoxy) is 1. The Hall–Kier alpha value is -2.19. The Morgan fingerprint density at radius 3 is 2.36 bits per heavy atom. The van der Waals surface area contributed by atoms with E-state index in [4.69, 9.17) is 4.74 Å². The normalized spacial score (nSPS) is 10.6. The molecule has 0 unspecified atom stereocenters. The van der Waals surface area contributed by atoms with Crippen LogP contribution >= 0.6 is 11.8 Å². The van der Waals surface area contributed by atoms with Gasteiger partial charge in [-0.1, -0.05) is 61.9 Å². The van der Waals surface area contributed by atoms with Crippen molar-refractivity contribution in [2.45, 2.75) is 31.3 Å². The lowest BCUT2D eigenvalue weighted by Gasteiger charge is -2.09. The third-order valence-electron chi connectivity index (χ3n) is 4.03. The van der Waals surface area contributed by atoms with Crippen LogP contribution in [0.5, 0.6) is 5.75 Å². The smallest absolute Gasteiger partial charge is 0.119 e. The molecule has 0 saturated carbocycles. The maximum atomic E-state index is 5.85. The second kappa shape index (κ2) is 9.33. The molecule has 2 heteroatoms. The molecule has 128 valence electrons. The van der Waals surface area contributed by atoms with Gasteiger partial charge in [-0.05, 0) is 59.2 Å². The van der Waals surface area contributed by atoms with Gasteiger partial charge in [0.05, 0.1) is 0 Å². The van der Waals surface area contributed by atoms with Crippen molar-refractivity contribution in [3.8, 4) is 16.9 Å². The summed E-state index contributed by atoms with van der Waals surface area (Å²) in [4.78, 5) is 1.35. The molecule has 0 aliphatic carbocycles. The van der Waals surface area contributed by atoms with Crippen LogP contribution in [0.2, 0.25) is 0 Å². The fourth-order valence-corrected chi connectivity index (χ4v) is 3.60. The lowest BCUT2D eigenvalue weighted by molar-refractivity contribution is 0.306. The van der Waals surface area contributed by atoms with Gasteiger partial charge in [-0.2, -0.15) is 0 Å². The minimum Gasteiger partial charge on any atom is -0.489 e. The number of unbranched alkanes of at least 4 members (excludes halogenated alkanes) is 1. The Morgan fingerprint density at radius 1 is 0.800 bits per heavy atom. The van der Waals surface area contributed by atoms with E-state index in [9.17, 15) is 0 Å². The lowest BCUT2D eigenvalue weighted by Crippen LogP contribution is -1.95. The molecule has 3 aromatic rings. The van der Waals surface area contributed by atoms with E-state index >= 15 is 0 Å². The Morgan fingerprint density at radius 2 is 1.60 bits per heavy atom. The van der Waals surface area contributed by atoms with Gasteiger partial charge in [0.15, 0.2) is 0 Å². The van der Waals surface area contributed by atoms with Crippen molar-refractivity contribution < 1.29 is 4.74 Å². The number of hydrogen-bond donors (Lipinski definition) is 0. The largest absolute Gasteiger partial charge is 0.489 e. The molecule has 0 bridgehead atoms. The highest BCUT2D eigenvalue weighted by Crippen LogP contribution is 2.26. The Labute approximate surface area is 155 Å². The predicted octanol–water partition coefficient (Wildman–Crippen LogP) is 6.82. The van der Waals surface area contributed by atoms with E-state index in [2.05, 4.69) is 55.5 Å². The van der Waals surface area contributed by atoms with Gasteiger partial charge in [-0.25, -0.2) is 0 Å². The van der Waals surface area contributed by atoms with Crippen LogP contribution in [-0.2, 0) is 6.61 Å². The molecule has 0 saturated heterocycles. The van der Waals surface area contributed by atoms with Gasteiger partial charge in [-0.3, -0.25) is 0 Å². The molecule has 0 N–H and O–H groups in total. The zero-order valence-electron chi connectivity index (χ0n) is 14.7. The first-order valence-corrected chi connectivity index (χ1v) is 9.84. The first-order valence-electron chi connectivity index (χ1n) is 8.85. The second-order valence-electron chi connectivity index (χ2n) is 6.03. The Bertz CT molecular complexity index is 766. The fraction of sp³-hybridized carbons (Fsp3) is 0.217. The summed E-state index contributed by atoms with van der Waals surface area (Å²) in [6, 6.07) is 27.4. The molecule has 0 amide bonds. The third-order valence-corrected chi connectivity index (χ3v) is 5.13. The van der Waals surface area contributed by atoms with Gasteiger partial charge in [0.1, 0.15) is 12.4 Å². The summed E-state index contributed by atoms with van der Waals surface area (Å²) in [5.74, 6) is 2.10. The molecule has 0 heterocycles. The molecule has 0 fully saturated rings. The first kappa shape index (κ1) is 17.6. The summed E-state index contributed by atoms with van der Waals surface area (Å²) in [6.45, 7) is 2.82. The fourth-order valence-electron chi connectivity index (χ4n) is 2.60. The Balaban J connectivity index is 1.64. The summed E-state index contributed by atoms with van der Waals surface area (Å²) in [6.07, 6.45) is 2.53. The van der Waals surface area contributed by atoms with E-state index in [0.717, 1.165) is 5.75 Å². The van der Waals surface area contributed by atoms with Crippen LogP contribution in [0.4, 0.5) is 0 Å². The molecule has 1 nitrogen and oxygen atoms in total. The van der Waals surface area contributed by atoms with E-state index in [1.807, 2.05) is 42.1 Å². The van der Waals surface area contributed by atoms with Crippen LogP contribution in [0.25, 0.3) is 11.1 Å². The molecule has 0 aromatic heterocycles. The average molecular weight is 349 g/mol. The highest BCUT2D eigenvalue weighted by Gasteiger charge is 2.02. The molecule has 0 radical (unpaired) electrons. The van der Waals surface area contributed by atoms with Crippen LogP contribution in [0.1, 0.15) is 25.3 Å². The number of hydrogen-bond acceptors (Lipinski definition) is 2. The van der Waals surface area contributed by atoms with Crippen molar-refractivity contribution in [1.29, 1.82) is 0 Å². The van der Waals surface area contributed by atoms with Gasteiger partial charge in [-0.15, -0.1) is 11.8 Å². The van der Waals surface area contributed by atoms with Crippen molar-refractivity contribution in [2.75, 3.05) is 5.75 Å². The minimum atomic E-state index is 0.586. The summed E-state index contributed by atoms with van der Waals surface area (Å²) < 4.78 is 5.85.